The van der Waals surface area contributed by atoms with Gasteiger partial charge in [-0.1, -0.05) is 41.6 Å². The van der Waals surface area contributed by atoms with Crippen molar-refractivity contribution in [3.05, 3.63) is 71.5 Å². The monoisotopic (exact) mass is 609 g/mol. The first-order valence-corrected chi connectivity index (χ1v) is 13.1. The number of carboxylic acid groups (broad SMARTS) is 1. The molecule has 1 aliphatic heterocycles. The standard InChI is InChI=1S/C28H25F6N5O4/c29-27(30,31)19-4-1-2-5-20(19)39-23(28(32,33)34)18(14-36-39)25-37-24(38-43-25)17-8-6-16(7-9-17)21(40)12-26(13-22(41)42)10-3-11-35-15-26/h1-2,4-9,14,21,35,40H,3,10-13,15H2,(H,41,42)/t21-,26+/m0/s1. The van der Waals surface area contributed by atoms with Crippen molar-refractivity contribution in [2.75, 3.05) is 13.1 Å². The average Bonchev–Trinajstić information content (AvgIpc) is 3.61. The molecule has 0 amide bonds. The zero-order chi connectivity index (χ0) is 31.0. The number of aliphatic hydroxyl groups excluding tert-OH is 1. The first kappa shape index (κ1) is 30.2. The number of benzene rings is 2. The fraction of sp³-hybridized carbons (Fsp3) is 0.357. The van der Waals surface area contributed by atoms with Crippen LogP contribution in [0.3, 0.4) is 0 Å². The molecule has 43 heavy (non-hydrogen) atoms. The number of nitrogens with one attached hydrogen (secondary N) is 1. The van der Waals surface area contributed by atoms with Gasteiger partial charge in [0.2, 0.25) is 5.82 Å². The number of hydrogen-bond acceptors (Lipinski definition) is 7. The van der Waals surface area contributed by atoms with Crippen LogP contribution in [-0.2, 0) is 17.1 Å². The van der Waals surface area contributed by atoms with Crippen molar-refractivity contribution in [1.82, 2.24) is 25.2 Å². The second-order valence-electron chi connectivity index (χ2n) is 10.4. The van der Waals surface area contributed by atoms with Gasteiger partial charge in [-0.25, -0.2) is 4.68 Å². The summed E-state index contributed by atoms with van der Waals surface area (Å²) in [6.45, 7) is 1.23. The molecule has 0 saturated carbocycles. The van der Waals surface area contributed by atoms with Gasteiger partial charge in [0.1, 0.15) is 0 Å². The highest BCUT2D eigenvalue weighted by Crippen LogP contribution is 2.42. The Morgan fingerprint density at radius 3 is 2.42 bits per heavy atom. The average molecular weight is 610 g/mol. The second-order valence-corrected chi connectivity index (χ2v) is 10.4. The van der Waals surface area contributed by atoms with Gasteiger partial charge >= 0.3 is 18.3 Å². The third-order valence-corrected chi connectivity index (χ3v) is 7.40. The molecule has 0 aliphatic carbocycles. The topological polar surface area (TPSA) is 126 Å². The minimum absolute atomic E-state index is 0.0981. The normalized spacial score (nSPS) is 18.5. The van der Waals surface area contributed by atoms with Crippen LogP contribution in [0.2, 0.25) is 0 Å². The van der Waals surface area contributed by atoms with E-state index in [2.05, 4.69) is 20.6 Å². The molecule has 3 heterocycles. The minimum atomic E-state index is -5.14. The SMILES string of the molecule is O=C(O)C[C@]1(C[C@H](O)c2ccc(-c3noc(-c4cnn(-c5ccccc5C(F)(F)F)c4C(F)(F)F)n3)cc2)CCCNC1. The number of aliphatic hydroxyl groups is 1. The maximum Gasteiger partial charge on any atom is 0.434 e. The highest BCUT2D eigenvalue weighted by Gasteiger charge is 2.43. The van der Waals surface area contributed by atoms with Crippen LogP contribution in [0.25, 0.3) is 28.5 Å². The van der Waals surface area contributed by atoms with Gasteiger partial charge in [0.25, 0.3) is 5.89 Å². The number of carboxylic acids is 1. The third kappa shape index (κ3) is 6.41. The Labute approximate surface area is 240 Å². The van der Waals surface area contributed by atoms with E-state index in [9.17, 15) is 41.4 Å². The number of carbonyl (C=O) groups is 1. The number of hydrogen-bond donors (Lipinski definition) is 3. The van der Waals surface area contributed by atoms with Crippen LogP contribution in [0.4, 0.5) is 26.3 Å². The molecule has 0 spiro atoms. The van der Waals surface area contributed by atoms with Crippen LogP contribution in [0.5, 0.6) is 0 Å². The Balaban J connectivity index is 1.41. The number of para-hydroxylation sites is 1. The number of aromatic nitrogens is 4. The van der Waals surface area contributed by atoms with E-state index in [0.717, 1.165) is 31.2 Å². The van der Waals surface area contributed by atoms with Crippen LogP contribution in [0, 0.1) is 5.41 Å². The summed E-state index contributed by atoms with van der Waals surface area (Å²) in [6.07, 6.45) is -8.81. The van der Waals surface area contributed by atoms with Crippen LogP contribution in [-0.4, -0.2) is 49.2 Å². The maximum atomic E-state index is 14.2. The Morgan fingerprint density at radius 2 is 1.79 bits per heavy atom. The third-order valence-electron chi connectivity index (χ3n) is 7.40. The Hall–Kier alpha value is -4.24. The van der Waals surface area contributed by atoms with Crippen molar-refractivity contribution in [2.24, 2.45) is 5.41 Å². The second kappa shape index (κ2) is 11.4. The molecule has 2 aromatic carbocycles. The van der Waals surface area contributed by atoms with Crippen molar-refractivity contribution in [3.8, 4) is 28.5 Å². The number of halogens is 6. The maximum absolute atomic E-state index is 14.2. The van der Waals surface area contributed by atoms with Crippen LogP contribution in [0.15, 0.2) is 59.3 Å². The first-order chi connectivity index (χ1) is 20.3. The molecule has 15 heteroatoms. The molecule has 2 atom stereocenters. The van der Waals surface area contributed by atoms with Crippen LogP contribution >= 0.6 is 0 Å². The number of alkyl halides is 6. The summed E-state index contributed by atoms with van der Waals surface area (Å²) in [6, 6.07) is 9.91. The quantitative estimate of drug-likeness (QED) is 0.211. The molecule has 4 aromatic rings. The van der Waals surface area contributed by atoms with E-state index >= 15 is 0 Å². The van der Waals surface area contributed by atoms with E-state index in [-0.39, 0.29) is 23.3 Å². The molecule has 1 aliphatic rings. The molecule has 0 radical (unpaired) electrons. The predicted octanol–water partition coefficient (Wildman–Crippen LogP) is 5.89. The molecule has 5 rings (SSSR count). The van der Waals surface area contributed by atoms with Gasteiger partial charge in [0.15, 0.2) is 5.69 Å². The molecule has 1 saturated heterocycles. The summed E-state index contributed by atoms with van der Waals surface area (Å²) in [7, 11) is 0. The number of piperidine rings is 1. The van der Waals surface area contributed by atoms with Crippen molar-refractivity contribution >= 4 is 5.97 Å². The molecular formula is C28H25F6N5O4. The number of nitrogens with zero attached hydrogens (tertiary/aromatic N) is 4. The summed E-state index contributed by atoms with van der Waals surface area (Å²) in [5, 5.41) is 30.8. The van der Waals surface area contributed by atoms with E-state index in [1.54, 1.807) is 12.1 Å². The molecule has 0 bridgehead atoms. The molecule has 3 N–H and O–H groups in total. The van der Waals surface area contributed by atoms with Crippen molar-refractivity contribution < 1.29 is 45.9 Å². The lowest BCUT2D eigenvalue weighted by Crippen LogP contribution is -2.42. The summed E-state index contributed by atoms with van der Waals surface area (Å²) < 4.78 is 88.3. The van der Waals surface area contributed by atoms with E-state index in [4.69, 9.17) is 4.52 Å². The number of aliphatic carboxylic acids is 1. The molecule has 2 aromatic heterocycles. The van der Waals surface area contributed by atoms with Gasteiger partial charge in [-0.15, -0.1) is 0 Å². The van der Waals surface area contributed by atoms with Crippen molar-refractivity contribution in [1.29, 1.82) is 0 Å². The van der Waals surface area contributed by atoms with Crippen LogP contribution in [0.1, 0.15) is 48.6 Å². The molecule has 0 unspecified atom stereocenters. The van der Waals surface area contributed by atoms with Gasteiger partial charge in [-0.3, -0.25) is 4.79 Å². The first-order valence-electron chi connectivity index (χ1n) is 13.1. The fourth-order valence-corrected chi connectivity index (χ4v) is 5.44. The molecule has 9 nitrogen and oxygen atoms in total. The highest BCUT2D eigenvalue weighted by molar-refractivity contribution is 5.68. The van der Waals surface area contributed by atoms with Gasteiger partial charge in [0.05, 0.1) is 35.5 Å². The van der Waals surface area contributed by atoms with Gasteiger partial charge in [-0.05, 0) is 48.9 Å². The zero-order valence-corrected chi connectivity index (χ0v) is 22.3. The summed E-state index contributed by atoms with van der Waals surface area (Å²) in [5.41, 5.74) is -4.16. The summed E-state index contributed by atoms with van der Waals surface area (Å²) in [4.78, 5) is 15.5. The molecular weight excluding hydrogens is 584 g/mol. The molecule has 228 valence electrons. The van der Waals surface area contributed by atoms with Gasteiger partial charge in [0, 0.05) is 12.1 Å². The van der Waals surface area contributed by atoms with Crippen molar-refractivity contribution in [3.63, 3.8) is 0 Å². The minimum Gasteiger partial charge on any atom is -0.481 e. The van der Waals surface area contributed by atoms with Gasteiger partial charge in [-0.2, -0.15) is 36.4 Å². The zero-order valence-electron chi connectivity index (χ0n) is 22.3. The summed E-state index contributed by atoms with van der Waals surface area (Å²) in [5.74, 6) is -1.67. The Bertz CT molecular complexity index is 1590. The fourth-order valence-electron chi connectivity index (χ4n) is 5.44. The highest BCUT2D eigenvalue weighted by atomic mass is 19.4. The van der Waals surface area contributed by atoms with E-state index in [1.165, 1.54) is 12.1 Å². The van der Waals surface area contributed by atoms with Crippen LogP contribution < -0.4 is 5.32 Å². The lowest BCUT2D eigenvalue weighted by molar-refractivity contribution is -0.144. The van der Waals surface area contributed by atoms with E-state index in [1.807, 2.05) is 0 Å². The smallest absolute Gasteiger partial charge is 0.434 e. The lowest BCUT2D eigenvalue weighted by atomic mass is 9.73. The van der Waals surface area contributed by atoms with E-state index < -0.39 is 58.2 Å². The predicted molar refractivity (Wildman–Crippen MR) is 139 cm³/mol. The van der Waals surface area contributed by atoms with E-state index in [0.29, 0.717) is 36.4 Å². The number of rotatable bonds is 8. The van der Waals surface area contributed by atoms with Crippen molar-refractivity contribution in [2.45, 2.75) is 44.1 Å². The molecule has 1 fully saturated rings. The lowest BCUT2D eigenvalue weighted by Gasteiger charge is -2.38. The summed E-state index contributed by atoms with van der Waals surface area (Å²) >= 11 is 0. The largest absolute Gasteiger partial charge is 0.481 e. The Kier molecular flexibility index (Phi) is 8.05. The Morgan fingerprint density at radius 1 is 1.07 bits per heavy atom. The van der Waals surface area contributed by atoms with Gasteiger partial charge < -0.3 is 20.1 Å².